The molecule has 0 spiro atoms. The third kappa shape index (κ3) is 7.88. The molecule has 0 aliphatic rings. The minimum Gasteiger partial charge on any atom is -0.497 e. The number of ether oxygens (including phenoxy) is 4. The first-order valence-corrected chi connectivity index (χ1v) is 17.7. The monoisotopic (exact) mass is 750 g/mol. The molecule has 0 N–H and O–H groups in total. The van der Waals surface area contributed by atoms with Gasteiger partial charge >= 0.3 is 0 Å². The highest BCUT2D eigenvalue weighted by Crippen LogP contribution is 2.42. The zero-order valence-electron chi connectivity index (χ0n) is 27.0. The molecular formula is C38H36BrClO7S. The average molecular weight is 752 g/mol. The number of rotatable bonds is 14. The average Bonchev–Trinajstić information content (AvgIpc) is 3.12. The quantitative estimate of drug-likeness (QED) is 0.0829. The lowest BCUT2D eigenvalue weighted by Gasteiger charge is -2.37. The van der Waals surface area contributed by atoms with Gasteiger partial charge in [-0.3, -0.25) is 4.18 Å². The first kappa shape index (κ1) is 35.4. The van der Waals surface area contributed by atoms with Gasteiger partial charge < -0.3 is 18.9 Å². The maximum atomic E-state index is 13.3. The first-order chi connectivity index (χ1) is 23.1. The molecule has 0 aromatic heterocycles. The van der Waals surface area contributed by atoms with Crippen LogP contribution >= 0.6 is 27.5 Å². The lowest BCUT2D eigenvalue weighted by Crippen LogP contribution is -2.39. The molecule has 0 unspecified atom stereocenters. The Bertz CT molecular complexity index is 1870. The van der Waals surface area contributed by atoms with Crippen LogP contribution in [-0.4, -0.2) is 42.0 Å². The first-order valence-electron chi connectivity index (χ1n) is 15.1. The minimum absolute atomic E-state index is 0.0420. The Morgan fingerprint density at radius 2 is 1.25 bits per heavy atom. The molecule has 0 radical (unpaired) electrons. The Kier molecular flexibility index (Phi) is 11.5. The SMILES string of the molecule is COc1ccc(C(OC[C@H](COS(=O)(=O)c2ccc(C)cc2)Oc2ccc(Br)c(C)c2Cl)(c2ccccc2)c2ccc(OC)cc2)cc1. The largest absolute Gasteiger partial charge is 0.497 e. The van der Waals surface area contributed by atoms with Gasteiger partial charge in [0, 0.05) is 4.47 Å². The van der Waals surface area contributed by atoms with Crippen LogP contribution in [-0.2, 0) is 24.6 Å². The summed E-state index contributed by atoms with van der Waals surface area (Å²) in [5.74, 6) is 1.74. The van der Waals surface area contributed by atoms with E-state index < -0.39 is 21.8 Å². The van der Waals surface area contributed by atoms with Crippen molar-refractivity contribution in [1.29, 1.82) is 0 Å². The van der Waals surface area contributed by atoms with Crippen LogP contribution in [0.4, 0.5) is 0 Å². The summed E-state index contributed by atoms with van der Waals surface area (Å²) in [4.78, 5) is 0.0420. The van der Waals surface area contributed by atoms with Crippen LogP contribution in [0.1, 0.15) is 27.8 Å². The molecule has 5 rings (SSSR count). The van der Waals surface area contributed by atoms with Crippen molar-refractivity contribution in [1.82, 2.24) is 0 Å². The zero-order chi connectivity index (χ0) is 34.3. The molecule has 0 amide bonds. The van der Waals surface area contributed by atoms with Crippen molar-refractivity contribution in [2.24, 2.45) is 0 Å². The number of halogens is 2. The van der Waals surface area contributed by atoms with E-state index in [4.69, 9.17) is 34.7 Å². The van der Waals surface area contributed by atoms with Crippen LogP contribution in [0.5, 0.6) is 17.2 Å². The number of aryl methyl sites for hydroxylation is 1. The molecule has 48 heavy (non-hydrogen) atoms. The molecule has 10 heteroatoms. The van der Waals surface area contributed by atoms with E-state index in [1.165, 1.54) is 12.1 Å². The molecule has 0 fully saturated rings. The number of benzene rings is 5. The summed E-state index contributed by atoms with van der Waals surface area (Å²) in [6.45, 7) is 3.30. The van der Waals surface area contributed by atoms with Crippen molar-refractivity contribution in [2.75, 3.05) is 27.4 Å². The summed E-state index contributed by atoms with van der Waals surface area (Å²) >= 11 is 10.2. The predicted molar refractivity (Wildman–Crippen MR) is 191 cm³/mol. The maximum Gasteiger partial charge on any atom is 0.297 e. The van der Waals surface area contributed by atoms with Crippen LogP contribution < -0.4 is 14.2 Å². The lowest BCUT2D eigenvalue weighted by molar-refractivity contribution is -0.0405. The Hall–Kier alpha value is -3.86. The van der Waals surface area contributed by atoms with Gasteiger partial charge in [-0.2, -0.15) is 8.42 Å². The Balaban J connectivity index is 1.58. The Morgan fingerprint density at radius 3 is 1.79 bits per heavy atom. The molecule has 5 aromatic rings. The number of hydrogen-bond acceptors (Lipinski definition) is 7. The second-order valence-electron chi connectivity index (χ2n) is 11.1. The topological polar surface area (TPSA) is 80.3 Å². The summed E-state index contributed by atoms with van der Waals surface area (Å²) in [6, 6.07) is 35.0. The highest BCUT2D eigenvalue weighted by molar-refractivity contribution is 9.10. The molecule has 0 saturated heterocycles. The van der Waals surface area contributed by atoms with E-state index in [0.29, 0.717) is 22.3 Å². The second kappa shape index (κ2) is 15.6. The molecule has 7 nitrogen and oxygen atoms in total. The maximum absolute atomic E-state index is 13.3. The van der Waals surface area contributed by atoms with Crippen molar-refractivity contribution >= 4 is 37.6 Å². The van der Waals surface area contributed by atoms with E-state index in [2.05, 4.69) is 15.9 Å². The van der Waals surface area contributed by atoms with Crippen LogP contribution in [0.25, 0.3) is 0 Å². The fraction of sp³-hybridized carbons (Fsp3) is 0.211. The second-order valence-corrected chi connectivity index (χ2v) is 13.9. The van der Waals surface area contributed by atoms with E-state index in [1.54, 1.807) is 32.4 Å². The summed E-state index contributed by atoms with van der Waals surface area (Å²) in [5.41, 5.74) is 2.99. The van der Waals surface area contributed by atoms with Crippen LogP contribution in [0.15, 0.2) is 125 Å². The Labute approximate surface area is 295 Å². The highest BCUT2D eigenvalue weighted by atomic mass is 79.9. The molecule has 250 valence electrons. The van der Waals surface area contributed by atoms with Gasteiger partial charge in [0.05, 0.1) is 30.7 Å². The van der Waals surface area contributed by atoms with E-state index >= 15 is 0 Å². The molecule has 5 aromatic carbocycles. The van der Waals surface area contributed by atoms with Crippen molar-refractivity contribution in [3.8, 4) is 17.2 Å². The van der Waals surface area contributed by atoms with Gasteiger partial charge in [0.2, 0.25) is 0 Å². The van der Waals surface area contributed by atoms with Gasteiger partial charge in [0.25, 0.3) is 10.1 Å². The predicted octanol–water partition coefficient (Wildman–Crippen LogP) is 8.90. The van der Waals surface area contributed by atoms with E-state index in [-0.39, 0.29) is 18.1 Å². The fourth-order valence-electron chi connectivity index (χ4n) is 5.25. The van der Waals surface area contributed by atoms with E-state index in [0.717, 1.165) is 32.3 Å². The highest BCUT2D eigenvalue weighted by Gasteiger charge is 2.39. The minimum atomic E-state index is -4.12. The number of hydrogen-bond donors (Lipinski definition) is 0. The van der Waals surface area contributed by atoms with E-state index in [9.17, 15) is 8.42 Å². The zero-order valence-corrected chi connectivity index (χ0v) is 30.1. The smallest absolute Gasteiger partial charge is 0.297 e. The third-order valence-electron chi connectivity index (χ3n) is 7.96. The van der Waals surface area contributed by atoms with Gasteiger partial charge in [0.1, 0.15) is 35.6 Å². The van der Waals surface area contributed by atoms with Gasteiger partial charge in [-0.25, -0.2) is 0 Å². The fourth-order valence-corrected chi connectivity index (χ4v) is 6.84. The van der Waals surface area contributed by atoms with Crippen LogP contribution in [0.3, 0.4) is 0 Å². The Morgan fingerprint density at radius 1 is 0.708 bits per heavy atom. The normalized spacial score (nSPS) is 12.4. The lowest BCUT2D eigenvalue weighted by atomic mass is 9.80. The third-order valence-corrected chi connectivity index (χ3v) is 10.6. The molecule has 0 aliphatic carbocycles. The molecule has 0 saturated carbocycles. The van der Waals surface area contributed by atoms with E-state index in [1.807, 2.05) is 98.8 Å². The van der Waals surface area contributed by atoms with Gasteiger partial charge in [-0.15, -0.1) is 0 Å². The molecule has 0 heterocycles. The van der Waals surface area contributed by atoms with Crippen LogP contribution in [0, 0.1) is 13.8 Å². The summed E-state index contributed by atoms with van der Waals surface area (Å²) in [6.07, 6.45) is -0.914. The molecule has 1 atom stereocenters. The number of methoxy groups -OCH3 is 2. The molecular weight excluding hydrogens is 716 g/mol. The van der Waals surface area contributed by atoms with Crippen LogP contribution in [0.2, 0.25) is 5.02 Å². The van der Waals surface area contributed by atoms with Crippen molar-refractivity contribution < 1.29 is 31.5 Å². The van der Waals surface area contributed by atoms with Gasteiger partial charge in [-0.05, 0) is 84.6 Å². The summed E-state index contributed by atoms with van der Waals surface area (Å²) in [5, 5.41) is 0.385. The standard InChI is InChI=1S/C38H36BrClO7S/c1-26-10-20-34(21-11-26)48(41,42)46-25-33(47-36-23-22-35(39)27(2)37(36)40)24-45-38(28-8-6-5-7-9-28,29-12-16-31(43-3)17-13-29)30-14-18-32(44-4)19-15-30/h5-23,33H,24-25H2,1-4H3/t33-/m1/s1. The van der Waals surface area contributed by atoms with Crippen molar-refractivity contribution in [3.63, 3.8) is 0 Å². The molecule has 0 bridgehead atoms. The van der Waals surface area contributed by atoms with Gasteiger partial charge in [-0.1, -0.05) is 99.8 Å². The van der Waals surface area contributed by atoms with Crippen molar-refractivity contribution in [2.45, 2.75) is 30.4 Å². The van der Waals surface area contributed by atoms with Crippen molar-refractivity contribution in [3.05, 3.63) is 153 Å². The molecule has 0 aliphatic heterocycles. The summed E-state index contributed by atoms with van der Waals surface area (Å²) < 4.78 is 57.3. The van der Waals surface area contributed by atoms with Gasteiger partial charge in [0.15, 0.2) is 0 Å². The summed E-state index contributed by atoms with van der Waals surface area (Å²) in [7, 11) is -0.895.